The number of nitrogens with one attached hydrogen (secondary N) is 1. The molecule has 2 amide bonds. The van der Waals surface area contributed by atoms with Crippen molar-refractivity contribution in [1.82, 2.24) is 14.9 Å². The normalized spacial score (nSPS) is 13.5. The summed E-state index contributed by atoms with van der Waals surface area (Å²) < 4.78 is 10.4. The summed E-state index contributed by atoms with van der Waals surface area (Å²) >= 11 is 0. The van der Waals surface area contributed by atoms with Crippen molar-refractivity contribution in [2.24, 2.45) is 0 Å². The first-order valence-electron chi connectivity index (χ1n) is 7.82. The van der Waals surface area contributed by atoms with E-state index in [1.165, 1.54) is 4.90 Å². The van der Waals surface area contributed by atoms with E-state index in [9.17, 15) is 9.59 Å². The molecule has 1 fully saturated rings. The number of para-hydroxylation sites is 1. The van der Waals surface area contributed by atoms with E-state index in [0.29, 0.717) is 36.0 Å². The number of amides is 2. The van der Waals surface area contributed by atoms with Gasteiger partial charge in [0, 0.05) is 0 Å². The van der Waals surface area contributed by atoms with E-state index in [4.69, 9.17) is 9.47 Å². The molecule has 8 heteroatoms. The topological polar surface area (TPSA) is 93.7 Å². The molecule has 1 aliphatic rings. The van der Waals surface area contributed by atoms with Gasteiger partial charge in [0.25, 0.3) is 0 Å². The second-order valence-electron chi connectivity index (χ2n) is 5.55. The standard InChI is InChI=1S/C17H18N4O4/c1-11-15(20-14(22)10-21-8-9-24-17(21)23)12(2)19-16(18-11)25-13-6-4-3-5-7-13/h3-7H,8-10H2,1-2H3,(H,20,22). The van der Waals surface area contributed by atoms with Crippen LogP contribution in [0.4, 0.5) is 10.5 Å². The quantitative estimate of drug-likeness (QED) is 0.896. The Bertz CT molecular complexity index is 771. The Morgan fingerprint density at radius 3 is 2.52 bits per heavy atom. The third kappa shape index (κ3) is 4.03. The van der Waals surface area contributed by atoms with Crippen molar-refractivity contribution in [3.05, 3.63) is 41.7 Å². The first kappa shape index (κ1) is 16.7. The molecule has 0 atom stereocenters. The van der Waals surface area contributed by atoms with Gasteiger partial charge in [-0.2, -0.15) is 9.97 Å². The Kier molecular flexibility index (Phi) is 4.78. The maximum atomic E-state index is 12.1. The third-order valence-corrected chi connectivity index (χ3v) is 3.65. The molecule has 130 valence electrons. The first-order chi connectivity index (χ1) is 12.0. The molecule has 25 heavy (non-hydrogen) atoms. The Morgan fingerprint density at radius 1 is 1.24 bits per heavy atom. The molecule has 0 aliphatic carbocycles. The van der Waals surface area contributed by atoms with Gasteiger partial charge < -0.3 is 14.8 Å². The average molecular weight is 342 g/mol. The predicted molar refractivity (Wildman–Crippen MR) is 89.6 cm³/mol. The summed E-state index contributed by atoms with van der Waals surface area (Å²) in [5, 5.41) is 2.75. The Morgan fingerprint density at radius 2 is 1.92 bits per heavy atom. The zero-order valence-electron chi connectivity index (χ0n) is 14.0. The van der Waals surface area contributed by atoms with Crippen LogP contribution < -0.4 is 10.1 Å². The number of aromatic nitrogens is 2. The van der Waals surface area contributed by atoms with Gasteiger partial charge in [-0.05, 0) is 26.0 Å². The molecule has 0 bridgehead atoms. The minimum Gasteiger partial charge on any atom is -0.448 e. The lowest BCUT2D eigenvalue weighted by Gasteiger charge is -2.15. The van der Waals surface area contributed by atoms with Crippen LogP contribution in [-0.4, -0.2) is 46.6 Å². The van der Waals surface area contributed by atoms with E-state index < -0.39 is 6.09 Å². The second kappa shape index (κ2) is 7.16. The highest BCUT2D eigenvalue weighted by molar-refractivity contribution is 5.94. The maximum absolute atomic E-state index is 12.1. The SMILES string of the molecule is Cc1nc(Oc2ccccc2)nc(C)c1NC(=O)CN1CCOC1=O. The molecule has 0 spiro atoms. The highest BCUT2D eigenvalue weighted by Crippen LogP contribution is 2.23. The van der Waals surface area contributed by atoms with E-state index in [0.717, 1.165) is 0 Å². The lowest BCUT2D eigenvalue weighted by atomic mass is 10.3. The minimum atomic E-state index is -0.480. The highest BCUT2D eigenvalue weighted by atomic mass is 16.6. The summed E-state index contributed by atoms with van der Waals surface area (Å²) in [6.45, 7) is 4.15. The Labute approximate surface area is 144 Å². The van der Waals surface area contributed by atoms with E-state index in [2.05, 4.69) is 15.3 Å². The van der Waals surface area contributed by atoms with Crippen LogP contribution in [0.5, 0.6) is 11.8 Å². The molecule has 1 N–H and O–H groups in total. The van der Waals surface area contributed by atoms with Gasteiger partial charge >= 0.3 is 12.1 Å². The van der Waals surface area contributed by atoms with Crippen LogP contribution in [0, 0.1) is 13.8 Å². The zero-order valence-corrected chi connectivity index (χ0v) is 14.0. The van der Waals surface area contributed by atoms with Crippen molar-refractivity contribution >= 4 is 17.7 Å². The summed E-state index contributed by atoms with van der Waals surface area (Å²) in [6.07, 6.45) is -0.480. The lowest BCUT2D eigenvalue weighted by Crippen LogP contribution is -2.34. The van der Waals surface area contributed by atoms with Crippen LogP contribution in [0.3, 0.4) is 0 Å². The lowest BCUT2D eigenvalue weighted by molar-refractivity contribution is -0.116. The minimum absolute atomic E-state index is 0.0695. The molecule has 3 rings (SSSR count). The smallest absolute Gasteiger partial charge is 0.410 e. The fourth-order valence-corrected chi connectivity index (χ4v) is 2.43. The van der Waals surface area contributed by atoms with Gasteiger partial charge in [0.05, 0.1) is 23.6 Å². The molecule has 0 saturated carbocycles. The molecule has 1 saturated heterocycles. The van der Waals surface area contributed by atoms with Crippen LogP contribution in [0.15, 0.2) is 30.3 Å². The van der Waals surface area contributed by atoms with E-state index in [1.54, 1.807) is 26.0 Å². The summed E-state index contributed by atoms with van der Waals surface area (Å²) in [7, 11) is 0. The van der Waals surface area contributed by atoms with Crippen LogP contribution in [0.2, 0.25) is 0 Å². The van der Waals surface area contributed by atoms with Crippen molar-refractivity contribution in [3.8, 4) is 11.8 Å². The van der Waals surface area contributed by atoms with E-state index >= 15 is 0 Å². The number of carbonyl (C=O) groups is 2. The fourth-order valence-electron chi connectivity index (χ4n) is 2.43. The number of ether oxygens (including phenoxy) is 2. The molecule has 8 nitrogen and oxygen atoms in total. The van der Waals surface area contributed by atoms with Crippen LogP contribution >= 0.6 is 0 Å². The van der Waals surface area contributed by atoms with Crippen molar-refractivity contribution in [2.45, 2.75) is 13.8 Å². The van der Waals surface area contributed by atoms with Gasteiger partial charge in [-0.25, -0.2) is 4.79 Å². The van der Waals surface area contributed by atoms with Crippen LogP contribution in [0.25, 0.3) is 0 Å². The molecular formula is C17H18N4O4. The summed E-state index contributed by atoms with van der Waals surface area (Å²) in [5.74, 6) is 0.302. The fraction of sp³-hybridized carbons (Fsp3) is 0.294. The molecule has 0 radical (unpaired) electrons. The highest BCUT2D eigenvalue weighted by Gasteiger charge is 2.24. The van der Waals surface area contributed by atoms with Crippen LogP contribution in [-0.2, 0) is 9.53 Å². The number of carbonyl (C=O) groups excluding carboxylic acids is 2. The largest absolute Gasteiger partial charge is 0.448 e. The summed E-state index contributed by atoms with van der Waals surface area (Å²) in [6, 6.07) is 9.42. The number of aryl methyl sites for hydroxylation is 2. The van der Waals surface area contributed by atoms with Gasteiger partial charge in [-0.15, -0.1) is 0 Å². The van der Waals surface area contributed by atoms with Crippen molar-refractivity contribution in [2.75, 3.05) is 25.0 Å². The number of rotatable bonds is 5. The van der Waals surface area contributed by atoms with Crippen LogP contribution in [0.1, 0.15) is 11.4 Å². The molecule has 1 aromatic carbocycles. The number of cyclic esters (lactones) is 1. The number of benzene rings is 1. The number of hydrogen-bond acceptors (Lipinski definition) is 6. The zero-order chi connectivity index (χ0) is 17.8. The summed E-state index contributed by atoms with van der Waals surface area (Å²) in [5.41, 5.74) is 1.67. The summed E-state index contributed by atoms with van der Waals surface area (Å²) in [4.78, 5) is 33.4. The molecule has 1 aromatic heterocycles. The van der Waals surface area contributed by atoms with Gasteiger partial charge in [-0.3, -0.25) is 9.69 Å². The first-order valence-corrected chi connectivity index (χ1v) is 7.82. The molecule has 1 aliphatic heterocycles. The van der Waals surface area contributed by atoms with E-state index in [1.807, 2.05) is 18.2 Å². The Hall–Kier alpha value is -3.16. The van der Waals surface area contributed by atoms with Gasteiger partial charge in [0.1, 0.15) is 18.9 Å². The third-order valence-electron chi connectivity index (χ3n) is 3.65. The molecule has 2 heterocycles. The van der Waals surface area contributed by atoms with Gasteiger partial charge in [-0.1, -0.05) is 18.2 Å². The number of nitrogens with zero attached hydrogens (tertiary/aromatic N) is 3. The van der Waals surface area contributed by atoms with Gasteiger partial charge in [0.15, 0.2) is 0 Å². The molecule has 0 unspecified atom stereocenters. The maximum Gasteiger partial charge on any atom is 0.410 e. The second-order valence-corrected chi connectivity index (χ2v) is 5.55. The van der Waals surface area contributed by atoms with Crippen molar-refractivity contribution in [3.63, 3.8) is 0 Å². The monoisotopic (exact) mass is 342 g/mol. The average Bonchev–Trinajstić information content (AvgIpc) is 2.97. The van der Waals surface area contributed by atoms with Crippen molar-refractivity contribution in [1.29, 1.82) is 0 Å². The number of anilines is 1. The van der Waals surface area contributed by atoms with E-state index in [-0.39, 0.29) is 18.5 Å². The predicted octanol–water partition coefficient (Wildman–Crippen LogP) is 2.28. The van der Waals surface area contributed by atoms with Crippen molar-refractivity contribution < 1.29 is 19.1 Å². The number of hydrogen-bond donors (Lipinski definition) is 1. The molecular weight excluding hydrogens is 324 g/mol. The van der Waals surface area contributed by atoms with Gasteiger partial charge in [0.2, 0.25) is 5.91 Å². The molecule has 2 aromatic rings. The Balaban J connectivity index is 1.69.